The molecular weight excluding hydrogens is 264 g/mol. The monoisotopic (exact) mass is 276 g/mol. The zero-order chi connectivity index (χ0) is 14.7. The summed E-state index contributed by atoms with van der Waals surface area (Å²) in [7, 11) is 0. The third-order valence-corrected chi connectivity index (χ3v) is 3.11. The SMILES string of the molecule is O=C1C=C(c2ccc(C#Cc3ccccc3)cc2)C(O)O1. The second-order valence-corrected chi connectivity index (χ2v) is 4.58. The lowest BCUT2D eigenvalue weighted by Crippen LogP contribution is -2.09. The van der Waals surface area contributed by atoms with Crippen molar-refractivity contribution in [3.05, 3.63) is 77.4 Å². The van der Waals surface area contributed by atoms with Gasteiger partial charge in [0, 0.05) is 22.8 Å². The molecule has 3 nitrogen and oxygen atoms in total. The molecule has 0 saturated heterocycles. The summed E-state index contributed by atoms with van der Waals surface area (Å²) < 4.78 is 4.66. The Hall–Kier alpha value is -2.83. The van der Waals surface area contributed by atoms with E-state index in [9.17, 15) is 9.90 Å². The Morgan fingerprint density at radius 1 is 0.905 bits per heavy atom. The quantitative estimate of drug-likeness (QED) is 0.642. The van der Waals surface area contributed by atoms with Crippen LogP contribution in [0.4, 0.5) is 0 Å². The molecule has 0 aliphatic carbocycles. The fourth-order valence-corrected chi connectivity index (χ4v) is 2.04. The van der Waals surface area contributed by atoms with Gasteiger partial charge in [0.2, 0.25) is 6.29 Å². The smallest absolute Gasteiger partial charge is 0.333 e. The van der Waals surface area contributed by atoms with E-state index in [1.165, 1.54) is 6.08 Å². The van der Waals surface area contributed by atoms with Gasteiger partial charge >= 0.3 is 5.97 Å². The van der Waals surface area contributed by atoms with E-state index in [1.54, 1.807) is 0 Å². The first-order chi connectivity index (χ1) is 10.2. The zero-order valence-corrected chi connectivity index (χ0v) is 11.1. The van der Waals surface area contributed by atoms with E-state index in [0.717, 1.165) is 16.7 Å². The predicted molar refractivity (Wildman–Crippen MR) is 78.9 cm³/mol. The van der Waals surface area contributed by atoms with E-state index < -0.39 is 12.3 Å². The molecule has 0 fully saturated rings. The van der Waals surface area contributed by atoms with Crippen molar-refractivity contribution in [1.29, 1.82) is 0 Å². The Balaban J connectivity index is 1.81. The topological polar surface area (TPSA) is 46.5 Å². The summed E-state index contributed by atoms with van der Waals surface area (Å²) in [6, 6.07) is 17.1. The van der Waals surface area contributed by atoms with E-state index in [0.29, 0.717) is 5.57 Å². The first kappa shape index (κ1) is 13.2. The predicted octanol–water partition coefficient (Wildman–Crippen LogP) is 2.35. The summed E-state index contributed by atoms with van der Waals surface area (Å²) in [5, 5.41) is 9.59. The molecule has 1 N–H and O–H groups in total. The second-order valence-electron chi connectivity index (χ2n) is 4.58. The van der Waals surface area contributed by atoms with Crippen LogP contribution < -0.4 is 0 Å². The number of cyclic esters (lactones) is 1. The number of carbonyl (C=O) groups is 1. The molecule has 102 valence electrons. The van der Waals surface area contributed by atoms with Gasteiger partial charge in [-0.1, -0.05) is 42.2 Å². The number of aliphatic hydroxyl groups excluding tert-OH is 1. The molecule has 0 radical (unpaired) electrons. The molecule has 2 aromatic carbocycles. The molecule has 0 spiro atoms. The molecule has 2 aromatic rings. The molecule has 1 aliphatic rings. The fraction of sp³-hybridized carbons (Fsp3) is 0.0556. The standard InChI is InChI=1S/C18H12O3/c19-17-12-16(18(20)21-17)15-10-8-14(9-11-15)7-6-13-4-2-1-3-5-13/h1-5,8-12,18,20H. The largest absolute Gasteiger partial charge is 0.428 e. The number of esters is 1. The lowest BCUT2D eigenvalue weighted by atomic mass is 10.0. The van der Waals surface area contributed by atoms with Crippen molar-refractivity contribution in [3.63, 3.8) is 0 Å². The summed E-state index contributed by atoms with van der Waals surface area (Å²) in [6.45, 7) is 0. The minimum atomic E-state index is -1.18. The van der Waals surface area contributed by atoms with Crippen LogP contribution in [0.2, 0.25) is 0 Å². The molecule has 0 amide bonds. The summed E-state index contributed by atoms with van der Waals surface area (Å²) >= 11 is 0. The average molecular weight is 276 g/mol. The van der Waals surface area contributed by atoms with Crippen LogP contribution in [0.5, 0.6) is 0 Å². The van der Waals surface area contributed by atoms with Gasteiger partial charge in [-0.2, -0.15) is 0 Å². The second kappa shape index (κ2) is 5.66. The van der Waals surface area contributed by atoms with Gasteiger partial charge in [0.25, 0.3) is 0 Å². The van der Waals surface area contributed by atoms with E-state index in [-0.39, 0.29) is 0 Å². The van der Waals surface area contributed by atoms with Crippen LogP contribution in [0.25, 0.3) is 5.57 Å². The van der Waals surface area contributed by atoms with Crippen LogP contribution in [0, 0.1) is 11.8 Å². The Labute approximate surface area is 122 Å². The maximum absolute atomic E-state index is 11.1. The first-order valence-corrected chi connectivity index (χ1v) is 6.50. The van der Waals surface area contributed by atoms with Crippen LogP contribution in [0.1, 0.15) is 16.7 Å². The first-order valence-electron chi connectivity index (χ1n) is 6.50. The molecule has 3 rings (SSSR count). The number of hydrogen-bond donors (Lipinski definition) is 1. The number of ether oxygens (including phenoxy) is 1. The Morgan fingerprint density at radius 3 is 2.10 bits per heavy atom. The van der Waals surface area contributed by atoms with Crippen LogP contribution >= 0.6 is 0 Å². The molecule has 3 heteroatoms. The van der Waals surface area contributed by atoms with Crippen LogP contribution in [0.15, 0.2) is 60.7 Å². The molecule has 1 heterocycles. The van der Waals surface area contributed by atoms with E-state index >= 15 is 0 Å². The Kier molecular flexibility index (Phi) is 3.55. The third kappa shape index (κ3) is 3.02. The number of aliphatic hydroxyl groups is 1. The highest BCUT2D eigenvalue weighted by Crippen LogP contribution is 2.24. The van der Waals surface area contributed by atoms with E-state index in [2.05, 4.69) is 16.6 Å². The van der Waals surface area contributed by atoms with E-state index in [1.807, 2.05) is 54.6 Å². The van der Waals surface area contributed by atoms with Crippen LogP contribution in [-0.4, -0.2) is 17.4 Å². The highest BCUT2D eigenvalue weighted by atomic mass is 16.6. The van der Waals surface area contributed by atoms with Gasteiger partial charge in [-0.15, -0.1) is 0 Å². The summed E-state index contributed by atoms with van der Waals surface area (Å²) in [4.78, 5) is 11.1. The molecule has 1 aliphatic heterocycles. The fourth-order valence-electron chi connectivity index (χ4n) is 2.04. The summed E-state index contributed by atoms with van der Waals surface area (Å²) in [5.74, 6) is 5.62. The Bertz CT molecular complexity index is 747. The molecule has 0 aromatic heterocycles. The molecule has 0 bridgehead atoms. The van der Waals surface area contributed by atoms with Crippen molar-refractivity contribution in [2.24, 2.45) is 0 Å². The molecule has 0 saturated carbocycles. The molecular formula is C18H12O3. The van der Waals surface area contributed by atoms with Crippen molar-refractivity contribution in [2.45, 2.75) is 6.29 Å². The number of hydrogen-bond acceptors (Lipinski definition) is 3. The van der Waals surface area contributed by atoms with Gasteiger partial charge < -0.3 is 9.84 Å². The maximum Gasteiger partial charge on any atom is 0.333 e. The van der Waals surface area contributed by atoms with Gasteiger partial charge in [-0.05, 0) is 29.8 Å². The molecule has 21 heavy (non-hydrogen) atoms. The summed E-state index contributed by atoms with van der Waals surface area (Å²) in [6.07, 6.45) is 0.119. The van der Waals surface area contributed by atoms with Crippen molar-refractivity contribution < 1.29 is 14.6 Å². The number of carbonyl (C=O) groups excluding carboxylic acids is 1. The van der Waals surface area contributed by atoms with Gasteiger partial charge in [-0.3, -0.25) is 0 Å². The third-order valence-electron chi connectivity index (χ3n) is 3.11. The maximum atomic E-state index is 11.1. The van der Waals surface area contributed by atoms with Gasteiger partial charge in [-0.25, -0.2) is 4.79 Å². The highest BCUT2D eigenvalue weighted by Gasteiger charge is 2.24. The minimum absolute atomic E-state index is 0.475. The van der Waals surface area contributed by atoms with Gasteiger partial charge in [0.1, 0.15) is 0 Å². The van der Waals surface area contributed by atoms with Crippen molar-refractivity contribution in [3.8, 4) is 11.8 Å². The normalized spacial score (nSPS) is 16.7. The van der Waals surface area contributed by atoms with E-state index in [4.69, 9.17) is 0 Å². The van der Waals surface area contributed by atoms with Gasteiger partial charge in [0.15, 0.2) is 0 Å². The minimum Gasteiger partial charge on any atom is -0.428 e. The Morgan fingerprint density at radius 2 is 1.52 bits per heavy atom. The average Bonchev–Trinajstić information content (AvgIpc) is 2.85. The number of rotatable bonds is 1. The molecule has 1 atom stereocenters. The van der Waals surface area contributed by atoms with Crippen LogP contribution in [0.3, 0.4) is 0 Å². The molecule has 1 unspecified atom stereocenters. The number of benzene rings is 2. The van der Waals surface area contributed by atoms with Gasteiger partial charge in [0.05, 0.1) is 0 Å². The highest BCUT2D eigenvalue weighted by molar-refractivity contribution is 5.96. The lowest BCUT2D eigenvalue weighted by Gasteiger charge is -2.07. The summed E-state index contributed by atoms with van der Waals surface area (Å²) in [5.41, 5.74) is 3.04. The van der Waals surface area contributed by atoms with Crippen molar-refractivity contribution >= 4 is 11.5 Å². The van der Waals surface area contributed by atoms with Crippen LogP contribution in [-0.2, 0) is 9.53 Å². The van der Waals surface area contributed by atoms with Crippen molar-refractivity contribution in [2.75, 3.05) is 0 Å². The lowest BCUT2D eigenvalue weighted by molar-refractivity contribution is -0.149. The van der Waals surface area contributed by atoms with Crippen molar-refractivity contribution in [1.82, 2.24) is 0 Å². The zero-order valence-electron chi connectivity index (χ0n) is 11.1.